The van der Waals surface area contributed by atoms with Crippen molar-refractivity contribution in [2.45, 2.75) is 96.5 Å². The Hall–Kier alpha value is -1.08. The molecule has 0 unspecified atom stereocenters. The third kappa shape index (κ3) is 6.48. The van der Waals surface area contributed by atoms with E-state index >= 15 is 0 Å². The van der Waals surface area contributed by atoms with Gasteiger partial charge in [-0.2, -0.15) is 0 Å². The lowest BCUT2D eigenvalue weighted by Crippen LogP contribution is -2.25. The highest BCUT2D eigenvalue weighted by atomic mass is 16.5. The molecule has 28 heavy (non-hydrogen) atoms. The van der Waals surface area contributed by atoms with Gasteiger partial charge in [-0.1, -0.05) is 56.5 Å². The number of benzene rings is 1. The summed E-state index contributed by atoms with van der Waals surface area (Å²) in [5.74, 6) is 3.83. The van der Waals surface area contributed by atoms with Gasteiger partial charge in [-0.05, 0) is 92.6 Å². The molecule has 1 aromatic carbocycles. The molecule has 1 aromatic rings. The van der Waals surface area contributed by atoms with E-state index in [9.17, 15) is 0 Å². The Kier molecular flexibility index (Phi) is 9.12. The van der Waals surface area contributed by atoms with Crippen molar-refractivity contribution in [3.63, 3.8) is 0 Å². The molecule has 3 rings (SSSR count). The molecular weight excluding hydrogens is 340 g/mol. The van der Waals surface area contributed by atoms with Crippen LogP contribution < -0.4 is 0 Å². The zero-order valence-electron chi connectivity index (χ0n) is 18.2. The Bertz CT molecular complexity index is 544. The van der Waals surface area contributed by atoms with Crippen molar-refractivity contribution in [1.82, 2.24) is 0 Å². The van der Waals surface area contributed by atoms with Crippen molar-refractivity contribution < 1.29 is 4.74 Å². The topological polar surface area (TPSA) is 9.23 Å². The van der Waals surface area contributed by atoms with Gasteiger partial charge in [0.2, 0.25) is 0 Å². The van der Waals surface area contributed by atoms with Crippen molar-refractivity contribution in [2.75, 3.05) is 6.61 Å². The first kappa shape index (κ1) is 21.6. The van der Waals surface area contributed by atoms with Gasteiger partial charge in [-0.25, -0.2) is 0 Å². The summed E-state index contributed by atoms with van der Waals surface area (Å²) in [6.45, 7) is 7.64. The monoisotopic (exact) mass is 382 g/mol. The summed E-state index contributed by atoms with van der Waals surface area (Å²) in [4.78, 5) is 0. The minimum absolute atomic E-state index is 0.761. The summed E-state index contributed by atoms with van der Waals surface area (Å²) >= 11 is 0. The molecule has 0 spiro atoms. The SMILES string of the molecule is C=CCCCC1CCC(C2CCC(c3ccc(COCCC)cc3)CC2)CC1. The van der Waals surface area contributed by atoms with E-state index in [1.54, 1.807) is 5.56 Å². The molecule has 0 aromatic heterocycles. The van der Waals surface area contributed by atoms with Crippen molar-refractivity contribution in [3.05, 3.63) is 48.0 Å². The van der Waals surface area contributed by atoms with Crippen LogP contribution in [0.2, 0.25) is 0 Å². The van der Waals surface area contributed by atoms with E-state index in [4.69, 9.17) is 4.74 Å². The molecule has 2 aliphatic carbocycles. The number of hydrogen-bond acceptors (Lipinski definition) is 1. The van der Waals surface area contributed by atoms with Gasteiger partial charge in [0, 0.05) is 6.61 Å². The predicted molar refractivity (Wildman–Crippen MR) is 121 cm³/mol. The van der Waals surface area contributed by atoms with Crippen LogP contribution in [0.1, 0.15) is 101 Å². The van der Waals surface area contributed by atoms with Crippen LogP contribution in [0.4, 0.5) is 0 Å². The number of rotatable bonds is 10. The minimum atomic E-state index is 0.761. The average Bonchev–Trinajstić information content (AvgIpc) is 2.75. The molecule has 0 N–H and O–H groups in total. The number of ether oxygens (including phenoxy) is 1. The third-order valence-corrected chi connectivity index (χ3v) is 7.42. The van der Waals surface area contributed by atoms with Gasteiger partial charge in [0.25, 0.3) is 0 Å². The second-order valence-electron chi connectivity index (χ2n) is 9.41. The fourth-order valence-electron chi connectivity index (χ4n) is 5.64. The third-order valence-electron chi connectivity index (χ3n) is 7.42. The van der Waals surface area contributed by atoms with Crippen LogP contribution in [-0.4, -0.2) is 6.61 Å². The standard InChI is InChI=1S/C27H42O/c1-3-5-6-7-22-8-12-24(13-9-22)26-16-18-27(19-17-26)25-14-10-23(11-15-25)21-28-20-4-2/h3,10-11,14-15,22,24,26-27H,1,4-9,12-13,16-21H2,2H3. The maximum Gasteiger partial charge on any atom is 0.0716 e. The molecule has 2 fully saturated rings. The van der Waals surface area contributed by atoms with Gasteiger partial charge in [-0.3, -0.25) is 0 Å². The normalized spacial score (nSPS) is 28.2. The molecule has 156 valence electrons. The smallest absolute Gasteiger partial charge is 0.0716 e. The molecule has 0 atom stereocenters. The first-order valence-corrected chi connectivity index (χ1v) is 12.1. The van der Waals surface area contributed by atoms with Crippen molar-refractivity contribution in [3.8, 4) is 0 Å². The highest BCUT2D eigenvalue weighted by molar-refractivity contribution is 5.25. The summed E-state index contributed by atoms with van der Waals surface area (Å²) in [6, 6.07) is 9.30. The molecule has 0 heterocycles. The Labute approximate surface area is 174 Å². The van der Waals surface area contributed by atoms with Crippen LogP contribution in [-0.2, 0) is 11.3 Å². The van der Waals surface area contributed by atoms with Crippen LogP contribution in [0, 0.1) is 17.8 Å². The Morgan fingerprint density at radius 2 is 1.57 bits per heavy atom. The van der Waals surface area contributed by atoms with Crippen molar-refractivity contribution >= 4 is 0 Å². The fourth-order valence-corrected chi connectivity index (χ4v) is 5.64. The Balaban J connectivity index is 1.38. The zero-order valence-corrected chi connectivity index (χ0v) is 18.2. The van der Waals surface area contributed by atoms with Gasteiger partial charge in [-0.15, -0.1) is 6.58 Å². The summed E-state index contributed by atoms with van der Waals surface area (Å²) < 4.78 is 5.67. The van der Waals surface area contributed by atoms with Crippen molar-refractivity contribution in [1.29, 1.82) is 0 Å². The van der Waals surface area contributed by atoms with E-state index in [2.05, 4.69) is 43.8 Å². The minimum Gasteiger partial charge on any atom is -0.377 e. The maximum absolute atomic E-state index is 5.67. The summed E-state index contributed by atoms with van der Waals surface area (Å²) in [5.41, 5.74) is 2.87. The summed E-state index contributed by atoms with van der Waals surface area (Å²) in [7, 11) is 0. The van der Waals surface area contributed by atoms with Gasteiger partial charge in [0.1, 0.15) is 0 Å². The van der Waals surface area contributed by atoms with E-state index in [0.717, 1.165) is 43.3 Å². The van der Waals surface area contributed by atoms with Crippen LogP contribution >= 0.6 is 0 Å². The maximum atomic E-state index is 5.67. The van der Waals surface area contributed by atoms with E-state index < -0.39 is 0 Å². The Morgan fingerprint density at radius 1 is 0.929 bits per heavy atom. The quantitative estimate of drug-likeness (QED) is 0.294. The van der Waals surface area contributed by atoms with Crippen LogP contribution in [0.3, 0.4) is 0 Å². The molecule has 0 aliphatic heterocycles. The van der Waals surface area contributed by atoms with Gasteiger partial charge in [0.15, 0.2) is 0 Å². The van der Waals surface area contributed by atoms with E-state index in [0.29, 0.717) is 0 Å². The molecule has 1 nitrogen and oxygen atoms in total. The Morgan fingerprint density at radius 3 is 2.18 bits per heavy atom. The fraction of sp³-hybridized carbons (Fsp3) is 0.704. The van der Waals surface area contributed by atoms with Crippen LogP contribution in [0.25, 0.3) is 0 Å². The number of allylic oxidation sites excluding steroid dienone is 1. The average molecular weight is 383 g/mol. The van der Waals surface area contributed by atoms with Gasteiger partial charge >= 0.3 is 0 Å². The molecule has 2 saturated carbocycles. The molecule has 0 bridgehead atoms. The second kappa shape index (κ2) is 11.8. The largest absolute Gasteiger partial charge is 0.377 e. The lowest BCUT2D eigenvalue weighted by atomic mass is 9.68. The van der Waals surface area contributed by atoms with Gasteiger partial charge < -0.3 is 4.74 Å². The first-order chi connectivity index (χ1) is 13.8. The second-order valence-corrected chi connectivity index (χ2v) is 9.41. The summed E-state index contributed by atoms with van der Waals surface area (Å²) in [6.07, 6.45) is 18.9. The van der Waals surface area contributed by atoms with Crippen LogP contribution in [0.15, 0.2) is 36.9 Å². The lowest BCUT2D eigenvalue weighted by molar-refractivity contribution is 0.121. The van der Waals surface area contributed by atoms with Gasteiger partial charge in [0.05, 0.1) is 6.61 Å². The lowest BCUT2D eigenvalue weighted by Gasteiger charge is -2.38. The molecule has 1 heteroatoms. The molecule has 0 radical (unpaired) electrons. The van der Waals surface area contributed by atoms with E-state index in [1.165, 1.54) is 76.2 Å². The number of unbranched alkanes of at least 4 members (excludes halogenated alkanes) is 1. The predicted octanol–water partition coefficient (Wildman–Crippen LogP) is 8.05. The molecule has 0 amide bonds. The highest BCUT2D eigenvalue weighted by Gasteiger charge is 2.31. The summed E-state index contributed by atoms with van der Waals surface area (Å²) in [5, 5.41) is 0. The van der Waals surface area contributed by atoms with Crippen LogP contribution in [0.5, 0.6) is 0 Å². The highest BCUT2D eigenvalue weighted by Crippen LogP contribution is 2.44. The molecular formula is C27H42O. The molecule has 0 saturated heterocycles. The van der Waals surface area contributed by atoms with Crippen molar-refractivity contribution in [2.24, 2.45) is 17.8 Å². The zero-order chi connectivity index (χ0) is 19.6. The first-order valence-electron chi connectivity index (χ1n) is 12.1. The number of hydrogen-bond donors (Lipinski definition) is 0. The van der Waals surface area contributed by atoms with E-state index in [-0.39, 0.29) is 0 Å². The van der Waals surface area contributed by atoms with E-state index in [1.807, 2.05) is 0 Å². The molecule has 2 aliphatic rings.